The summed E-state index contributed by atoms with van der Waals surface area (Å²) < 4.78 is 0. The molecule has 0 rings (SSSR count). The number of rotatable bonds is 4. The third-order valence-electron chi connectivity index (χ3n) is 0.956. The van der Waals surface area contributed by atoms with Crippen molar-refractivity contribution in [3.8, 4) is 0 Å². The van der Waals surface area contributed by atoms with Crippen molar-refractivity contribution in [2.45, 2.75) is 0 Å². The molecule has 0 aliphatic heterocycles. The topological polar surface area (TPSA) is 37.3 Å². The lowest BCUT2D eigenvalue weighted by Crippen LogP contribution is -1.96. The third kappa shape index (κ3) is 3.92. The van der Waals surface area contributed by atoms with Gasteiger partial charge in [-0.2, -0.15) is 0 Å². The van der Waals surface area contributed by atoms with E-state index in [0.29, 0.717) is 0 Å². The molecule has 58 valence electrons. The summed E-state index contributed by atoms with van der Waals surface area (Å²) in [4.78, 5) is 10.4. The molecule has 0 atom stereocenters. The van der Waals surface area contributed by atoms with Crippen LogP contribution in [0.4, 0.5) is 0 Å². The molecule has 0 saturated carbocycles. The Kier molecular flexibility index (Phi) is 4.49. The third-order valence-corrected chi connectivity index (χ3v) is 0.956. The van der Waals surface area contributed by atoms with Gasteiger partial charge < -0.3 is 5.11 Å². The molecule has 2 heteroatoms. The van der Waals surface area contributed by atoms with Gasteiger partial charge in [0.1, 0.15) is 0 Å². The number of hydrogen-bond acceptors (Lipinski definition) is 1. The van der Waals surface area contributed by atoms with Crippen molar-refractivity contribution in [3.63, 3.8) is 0 Å². The maximum absolute atomic E-state index is 10.4. The molecular formula is C9H10O2. The Labute approximate surface area is 65.9 Å². The number of allylic oxidation sites excluding steroid dienone is 4. The van der Waals surface area contributed by atoms with Crippen LogP contribution >= 0.6 is 0 Å². The summed E-state index contributed by atoms with van der Waals surface area (Å²) in [5.74, 6) is -0.969. The second kappa shape index (κ2) is 5.23. The molecule has 0 aliphatic rings. The first-order valence-corrected chi connectivity index (χ1v) is 3.07. The minimum absolute atomic E-state index is 0.194. The zero-order chi connectivity index (χ0) is 8.69. The Morgan fingerprint density at radius 3 is 2.27 bits per heavy atom. The summed E-state index contributed by atoms with van der Waals surface area (Å²) in [5.41, 5.74) is 0.194. The number of carboxylic acid groups (broad SMARTS) is 1. The normalized spacial score (nSPS) is 11.5. The second-order valence-corrected chi connectivity index (χ2v) is 1.76. The predicted molar refractivity (Wildman–Crippen MR) is 45.3 cm³/mol. The van der Waals surface area contributed by atoms with Crippen LogP contribution in [0.5, 0.6) is 0 Å². The van der Waals surface area contributed by atoms with Crippen LogP contribution in [-0.2, 0) is 4.79 Å². The molecule has 0 amide bonds. The summed E-state index contributed by atoms with van der Waals surface area (Å²) in [5, 5.41) is 8.53. The van der Waals surface area contributed by atoms with Gasteiger partial charge in [-0.1, -0.05) is 31.4 Å². The Hall–Kier alpha value is -1.57. The highest BCUT2D eigenvalue weighted by molar-refractivity contribution is 5.90. The molecule has 0 aliphatic carbocycles. The lowest BCUT2D eigenvalue weighted by atomic mass is 10.2. The van der Waals surface area contributed by atoms with E-state index in [1.54, 1.807) is 6.08 Å². The van der Waals surface area contributed by atoms with Gasteiger partial charge in [-0.3, -0.25) is 0 Å². The van der Waals surface area contributed by atoms with E-state index in [-0.39, 0.29) is 5.57 Å². The quantitative estimate of drug-likeness (QED) is 0.491. The SMILES string of the molecule is C=C/C=C\C(=C/C=C)C(=O)O. The van der Waals surface area contributed by atoms with E-state index in [9.17, 15) is 4.79 Å². The van der Waals surface area contributed by atoms with Gasteiger partial charge in [0, 0.05) is 0 Å². The van der Waals surface area contributed by atoms with E-state index < -0.39 is 5.97 Å². The fourth-order valence-corrected chi connectivity index (χ4v) is 0.497. The highest BCUT2D eigenvalue weighted by atomic mass is 16.4. The lowest BCUT2D eigenvalue weighted by Gasteiger charge is -1.89. The van der Waals surface area contributed by atoms with Crippen molar-refractivity contribution < 1.29 is 9.90 Å². The molecule has 0 radical (unpaired) electrons. The largest absolute Gasteiger partial charge is 0.478 e. The van der Waals surface area contributed by atoms with Crippen LogP contribution in [0, 0.1) is 0 Å². The van der Waals surface area contributed by atoms with E-state index in [1.165, 1.54) is 24.3 Å². The highest BCUT2D eigenvalue weighted by Crippen LogP contribution is 1.97. The van der Waals surface area contributed by atoms with Crippen molar-refractivity contribution in [1.29, 1.82) is 0 Å². The fraction of sp³-hybridized carbons (Fsp3) is 0. The van der Waals surface area contributed by atoms with Crippen molar-refractivity contribution in [2.75, 3.05) is 0 Å². The number of aliphatic carboxylic acids is 1. The van der Waals surface area contributed by atoms with E-state index in [4.69, 9.17) is 5.11 Å². The summed E-state index contributed by atoms with van der Waals surface area (Å²) in [6.07, 6.45) is 7.37. The molecule has 0 unspecified atom stereocenters. The minimum atomic E-state index is -0.969. The molecule has 0 aromatic carbocycles. The average molecular weight is 150 g/mol. The van der Waals surface area contributed by atoms with Gasteiger partial charge in [0.15, 0.2) is 0 Å². The zero-order valence-corrected chi connectivity index (χ0v) is 6.16. The van der Waals surface area contributed by atoms with Gasteiger partial charge >= 0.3 is 5.97 Å². The first-order valence-electron chi connectivity index (χ1n) is 3.07. The van der Waals surface area contributed by atoms with Crippen LogP contribution in [0.1, 0.15) is 0 Å². The van der Waals surface area contributed by atoms with Crippen molar-refractivity contribution in [2.24, 2.45) is 0 Å². The standard InChI is InChI=1S/C9H10O2/c1-3-5-7-8(6-4-2)9(10)11/h3-7H,1-2H2,(H,10,11)/b7-5-,8-6+. The monoisotopic (exact) mass is 150 g/mol. The van der Waals surface area contributed by atoms with Crippen molar-refractivity contribution in [1.82, 2.24) is 0 Å². The molecule has 0 spiro atoms. The summed E-state index contributed by atoms with van der Waals surface area (Å²) in [6, 6.07) is 0. The maximum atomic E-state index is 10.4. The van der Waals surface area contributed by atoms with Crippen LogP contribution < -0.4 is 0 Å². The Balaban J connectivity index is 4.47. The van der Waals surface area contributed by atoms with Gasteiger partial charge in [-0.25, -0.2) is 4.79 Å². The molecule has 0 saturated heterocycles. The molecule has 0 bridgehead atoms. The van der Waals surface area contributed by atoms with E-state index in [0.717, 1.165) is 0 Å². The highest BCUT2D eigenvalue weighted by Gasteiger charge is 1.98. The zero-order valence-electron chi connectivity index (χ0n) is 6.16. The van der Waals surface area contributed by atoms with Crippen LogP contribution in [0.25, 0.3) is 0 Å². The number of carbonyl (C=O) groups is 1. The van der Waals surface area contributed by atoms with Crippen LogP contribution in [0.3, 0.4) is 0 Å². The predicted octanol–water partition coefficient (Wildman–Crippen LogP) is 1.93. The molecular weight excluding hydrogens is 140 g/mol. The van der Waals surface area contributed by atoms with Gasteiger partial charge in [-0.15, -0.1) is 0 Å². The Bertz CT molecular complexity index is 222. The Morgan fingerprint density at radius 2 is 1.91 bits per heavy atom. The van der Waals surface area contributed by atoms with Gasteiger partial charge in [-0.05, 0) is 12.2 Å². The van der Waals surface area contributed by atoms with E-state index in [1.807, 2.05) is 0 Å². The smallest absolute Gasteiger partial charge is 0.335 e. The lowest BCUT2D eigenvalue weighted by molar-refractivity contribution is -0.132. The van der Waals surface area contributed by atoms with Gasteiger partial charge in [0.25, 0.3) is 0 Å². The maximum Gasteiger partial charge on any atom is 0.335 e. The van der Waals surface area contributed by atoms with Crippen LogP contribution in [-0.4, -0.2) is 11.1 Å². The molecule has 0 heterocycles. The molecule has 0 aromatic heterocycles. The first kappa shape index (κ1) is 9.43. The van der Waals surface area contributed by atoms with Crippen LogP contribution in [0.2, 0.25) is 0 Å². The van der Waals surface area contributed by atoms with Crippen LogP contribution in [0.15, 0.2) is 49.1 Å². The van der Waals surface area contributed by atoms with Gasteiger partial charge in [0.2, 0.25) is 0 Å². The molecule has 2 nitrogen and oxygen atoms in total. The molecule has 0 aromatic rings. The molecule has 0 fully saturated rings. The summed E-state index contributed by atoms with van der Waals surface area (Å²) in [7, 11) is 0. The molecule has 1 N–H and O–H groups in total. The number of hydrogen-bond donors (Lipinski definition) is 1. The van der Waals surface area contributed by atoms with Gasteiger partial charge in [0.05, 0.1) is 5.57 Å². The van der Waals surface area contributed by atoms with E-state index >= 15 is 0 Å². The second-order valence-electron chi connectivity index (χ2n) is 1.76. The first-order chi connectivity index (χ1) is 5.22. The van der Waals surface area contributed by atoms with E-state index in [2.05, 4.69) is 13.2 Å². The Morgan fingerprint density at radius 1 is 1.27 bits per heavy atom. The molecule has 11 heavy (non-hydrogen) atoms. The van der Waals surface area contributed by atoms with Crippen molar-refractivity contribution in [3.05, 3.63) is 49.1 Å². The summed E-state index contributed by atoms with van der Waals surface area (Å²) in [6.45, 7) is 6.81. The average Bonchev–Trinajstić information content (AvgIpc) is 1.97. The number of carboxylic acids is 1. The minimum Gasteiger partial charge on any atom is -0.478 e. The fourth-order valence-electron chi connectivity index (χ4n) is 0.497. The van der Waals surface area contributed by atoms with Crippen molar-refractivity contribution >= 4 is 5.97 Å². The summed E-state index contributed by atoms with van der Waals surface area (Å²) >= 11 is 0.